The van der Waals surface area contributed by atoms with Crippen LogP contribution >= 0.6 is 0 Å². The minimum absolute atomic E-state index is 0.0562. The van der Waals surface area contributed by atoms with Crippen molar-refractivity contribution >= 4 is 5.91 Å². The molecule has 2 N–H and O–H groups in total. The molecule has 116 valence electrons. The first kappa shape index (κ1) is 15.6. The third-order valence-electron chi connectivity index (χ3n) is 3.58. The Bertz CT molecular complexity index is 487. The van der Waals surface area contributed by atoms with Crippen molar-refractivity contribution in [2.45, 2.75) is 19.5 Å². The van der Waals surface area contributed by atoms with E-state index in [1.807, 2.05) is 6.92 Å². The Morgan fingerprint density at radius 2 is 2.19 bits per heavy atom. The summed E-state index contributed by atoms with van der Waals surface area (Å²) in [6, 6.07) is 4.73. The number of aromatic hydroxyl groups is 1. The predicted octanol–water partition coefficient (Wildman–Crippen LogP) is 0.738. The second-order valence-electron chi connectivity index (χ2n) is 5.03. The molecule has 0 radical (unpaired) electrons. The zero-order valence-corrected chi connectivity index (χ0v) is 12.5. The lowest BCUT2D eigenvalue weighted by Crippen LogP contribution is -2.49. The van der Waals surface area contributed by atoms with Crippen LogP contribution in [0.1, 0.15) is 12.5 Å². The minimum Gasteiger partial charge on any atom is -0.508 e. The number of carbonyl (C=O) groups excluding carboxylic acids is 1. The van der Waals surface area contributed by atoms with Gasteiger partial charge in [-0.1, -0.05) is 0 Å². The van der Waals surface area contributed by atoms with Crippen LogP contribution in [0.15, 0.2) is 18.2 Å². The van der Waals surface area contributed by atoms with E-state index >= 15 is 0 Å². The second-order valence-corrected chi connectivity index (χ2v) is 5.03. The Kier molecular flexibility index (Phi) is 5.41. The van der Waals surface area contributed by atoms with Gasteiger partial charge in [0.1, 0.15) is 11.5 Å². The maximum atomic E-state index is 12.2. The number of hydrogen-bond donors (Lipinski definition) is 2. The third-order valence-corrected chi connectivity index (χ3v) is 3.58. The number of rotatable bonds is 5. The number of morpholine rings is 1. The highest BCUT2D eigenvalue weighted by atomic mass is 16.5. The molecule has 0 saturated carbocycles. The van der Waals surface area contributed by atoms with E-state index in [1.54, 1.807) is 30.2 Å². The van der Waals surface area contributed by atoms with Crippen molar-refractivity contribution in [3.63, 3.8) is 0 Å². The zero-order valence-electron chi connectivity index (χ0n) is 12.5. The summed E-state index contributed by atoms with van der Waals surface area (Å²) in [5.74, 6) is 0.923. The summed E-state index contributed by atoms with van der Waals surface area (Å²) in [6.45, 7) is 4.68. The van der Waals surface area contributed by atoms with Gasteiger partial charge in [0, 0.05) is 25.2 Å². The number of methoxy groups -OCH3 is 1. The molecule has 1 aromatic carbocycles. The number of nitrogens with one attached hydrogen (secondary N) is 1. The Labute approximate surface area is 124 Å². The summed E-state index contributed by atoms with van der Waals surface area (Å²) in [4.78, 5) is 14.0. The number of ether oxygens (including phenoxy) is 2. The van der Waals surface area contributed by atoms with E-state index in [0.29, 0.717) is 44.2 Å². The van der Waals surface area contributed by atoms with Gasteiger partial charge in [-0.05, 0) is 25.1 Å². The molecule has 6 heteroatoms. The van der Waals surface area contributed by atoms with Crippen molar-refractivity contribution in [3.05, 3.63) is 23.8 Å². The van der Waals surface area contributed by atoms with Crippen molar-refractivity contribution in [1.82, 2.24) is 10.2 Å². The quantitative estimate of drug-likeness (QED) is 0.838. The molecule has 0 aromatic heterocycles. The molecule has 1 aliphatic rings. The average Bonchev–Trinajstić information content (AvgIpc) is 2.54. The normalized spacial score (nSPS) is 16.6. The molecule has 1 heterocycles. The summed E-state index contributed by atoms with van der Waals surface area (Å²) in [5.41, 5.74) is 0.705. The van der Waals surface area contributed by atoms with E-state index in [9.17, 15) is 9.90 Å². The largest absolute Gasteiger partial charge is 0.508 e. The van der Waals surface area contributed by atoms with Gasteiger partial charge in [-0.2, -0.15) is 0 Å². The van der Waals surface area contributed by atoms with E-state index in [4.69, 9.17) is 9.47 Å². The molecular formula is C15H22N2O4. The molecule has 1 fully saturated rings. The number of phenolic OH excluding ortho intramolecular Hbond substituents is 1. The van der Waals surface area contributed by atoms with Crippen LogP contribution < -0.4 is 10.1 Å². The molecule has 1 atom stereocenters. The molecule has 0 spiro atoms. The predicted molar refractivity (Wildman–Crippen MR) is 78.4 cm³/mol. The lowest BCUT2D eigenvalue weighted by Gasteiger charge is -2.29. The SMILES string of the molecule is COc1ccc(O)c(CNC(C)C(=O)N2CCOCC2)c1. The van der Waals surface area contributed by atoms with Crippen molar-refractivity contribution in [3.8, 4) is 11.5 Å². The number of carbonyl (C=O) groups is 1. The molecule has 0 bridgehead atoms. The van der Waals surface area contributed by atoms with E-state index in [1.165, 1.54) is 0 Å². The number of hydrogen-bond acceptors (Lipinski definition) is 5. The summed E-state index contributed by atoms with van der Waals surface area (Å²) in [6.07, 6.45) is 0. The molecule has 1 aromatic rings. The fourth-order valence-corrected chi connectivity index (χ4v) is 2.24. The van der Waals surface area contributed by atoms with E-state index < -0.39 is 0 Å². The summed E-state index contributed by atoms with van der Waals surface area (Å²) in [7, 11) is 1.58. The second kappa shape index (κ2) is 7.28. The van der Waals surface area contributed by atoms with Gasteiger partial charge in [-0.15, -0.1) is 0 Å². The molecule has 1 aliphatic heterocycles. The third kappa shape index (κ3) is 4.09. The van der Waals surface area contributed by atoms with Gasteiger partial charge in [0.05, 0.1) is 26.4 Å². The van der Waals surface area contributed by atoms with Crippen molar-refractivity contribution in [2.75, 3.05) is 33.4 Å². The molecule has 1 saturated heterocycles. The smallest absolute Gasteiger partial charge is 0.239 e. The summed E-state index contributed by atoms with van der Waals surface area (Å²) >= 11 is 0. The maximum absolute atomic E-state index is 12.2. The Morgan fingerprint density at radius 1 is 1.48 bits per heavy atom. The lowest BCUT2D eigenvalue weighted by atomic mass is 10.1. The van der Waals surface area contributed by atoms with Gasteiger partial charge < -0.3 is 24.8 Å². The van der Waals surface area contributed by atoms with Crippen LogP contribution in [-0.2, 0) is 16.1 Å². The Morgan fingerprint density at radius 3 is 2.86 bits per heavy atom. The standard InChI is InChI=1S/C15H22N2O4/c1-11(15(19)17-5-7-21-8-6-17)16-10-12-9-13(20-2)3-4-14(12)18/h3-4,9,11,16,18H,5-8,10H2,1-2H3. The summed E-state index contributed by atoms with van der Waals surface area (Å²) < 4.78 is 10.4. The molecule has 0 aliphatic carbocycles. The van der Waals surface area contributed by atoms with Gasteiger partial charge in [-0.3, -0.25) is 4.79 Å². The van der Waals surface area contributed by atoms with Crippen LogP contribution in [0, 0.1) is 0 Å². The molecule has 1 unspecified atom stereocenters. The van der Waals surface area contributed by atoms with Crippen LogP contribution in [0.25, 0.3) is 0 Å². The van der Waals surface area contributed by atoms with Gasteiger partial charge in [0.2, 0.25) is 5.91 Å². The van der Waals surface area contributed by atoms with E-state index in [2.05, 4.69) is 5.32 Å². The number of phenols is 1. The number of benzene rings is 1. The van der Waals surface area contributed by atoms with Crippen molar-refractivity contribution in [2.24, 2.45) is 0 Å². The van der Waals surface area contributed by atoms with Gasteiger partial charge in [0.25, 0.3) is 0 Å². The highest BCUT2D eigenvalue weighted by Gasteiger charge is 2.22. The molecule has 6 nitrogen and oxygen atoms in total. The van der Waals surface area contributed by atoms with Gasteiger partial charge in [0.15, 0.2) is 0 Å². The van der Waals surface area contributed by atoms with Gasteiger partial charge >= 0.3 is 0 Å². The minimum atomic E-state index is -0.311. The number of amides is 1. The molecule has 21 heavy (non-hydrogen) atoms. The molecular weight excluding hydrogens is 272 g/mol. The van der Waals surface area contributed by atoms with E-state index in [-0.39, 0.29) is 17.7 Å². The topological polar surface area (TPSA) is 71.0 Å². The zero-order chi connectivity index (χ0) is 15.2. The van der Waals surface area contributed by atoms with Crippen LogP contribution in [0.3, 0.4) is 0 Å². The van der Waals surface area contributed by atoms with Crippen LogP contribution in [0.2, 0.25) is 0 Å². The number of nitrogens with zero attached hydrogens (tertiary/aromatic N) is 1. The monoisotopic (exact) mass is 294 g/mol. The van der Waals surface area contributed by atoms with Gasteiger partial charge in [-0.25, -0.2) is 0 Å². The first-order valence-corrected chi connectivity index (χ1v) is 7.07. The first-order chi connectivity index (χ1) is 10.1. The van der Waals surface area contributed by atoms with Crippen LogP contribution in [0.5, 0.6) is 11.5 Å². The molecule has 1 amide bonds. The Balaban J connectivity index is 1.91. The van der Waals surface area contributed by atoms with Crippen LogP contribution in [-0.4, -0.2) is 55.4 Å². The average molecular weight is 294 g/mol. The lowest BCUT2D eigenvalue weighted by molar-refractivity contribution is -0.137. The van der Waals surface area contributed by atoms with Crippen molar-refractivity contribution in [1.29, 1.82) is 0 Å². The highest BCUT2D eigenvalue weighted by Crippen LogP contribution is 2.22. The maximum Gasteiger partial charge on any atom is 0.239 e. The Hall–Kier alpha value is -1.79. The highest BCUT2D eigenvalue weighted by molar-refractivity contribution is 5.81. The van der Waals surface area contributed by atoms with Crippen molar-refractivity contribution < 1.29 is 19.4 Å². The summed E-state index contributed by atoms with van der Waals surface area (Å²) in [5, 5.41) is 13.0. The molecule has 2 rings (SSSR count). The fourth-order valence-electron chi connectivity index (χ4n) is 2.24. The fraction of sp³-hybridized carbons (Fsp3) is 0.533. The van der Waals surface area contributed by atoms with Crippen LogP contribution in [0.4, 0.5) is 0 Å². The van der Waals surface area contributed by atoms with E-state index in [0.717, 1.165) is 0 Å². The first-order valence-electron chi connectivity index (χ1n) is 7.07.